The standard InChI is InChI=1S/C15H21N5O3S/c1-18-2-4-19(5-3-18)14(21)11-6-10-7-20(8-13(11)23-10)15(22)12-9-24-17-16-12/h9-11,13H,2-8H2,1H3. The summed E-state index contributed by atoms with van der Waals surface area (Å²) in [5.74, 6) is -0.0697. The van der Waals surface area contributed by atoms with Gasteiger partial charge in [0.25, 0.3) is 5.91 Å². The predicted molar refractivity (Wildman–Crippen MR) is 86.7 cm³/mol. The average molecular weight is 351 g/mol. The maximum Gasteiger partial charge on any atom is 0.275 e. The van der Waals surface area contributed by atoms with Gasteiger partial charge in [-0.3, -0.25) is 9.59 Å². The van der Waals surface area contributed by atoms with Gasteiger partial charge in [-0.25, -0.2) is 0 Å². The SMILES string of the molecule is CN1CCN(C(=O)C2CC3CN(C(=O)c4csnn4)CC2O3)CC1. The lowest BCUT2D eigenvalue weighted by Gasteiger charge is -2.35. The molecule has 8 nitrogen and oxygen atoms in total. The fourth-order valence-electron chi connectivity index (χ4n) is 3.76. The summed E-state index contributed by atoms with van der Waals surface area (Å²) >= 11 is 1.17. The first-order chi connectivity index (χ1) is 11.6. The molecule has 3 fully saturated rings. The molecule has 1 aromatic rings. The third kappa shape index (κ3) is 2.91. The first-order valence-corrected chi connectivity index (χ1v) is 9.14. The van der Waals surface area contributed by atoms with Crippen LogP contribution in [0.1, 0.15) is 16.9 Å². The minimum atomic E-state index is -0.202. The molecular weight excluding hydrogens is 330 g/mol. The predicted octanol–water partition coefficient (Wildman–Crippen LogP) is -0.458. The van der Waals surface area contributed by atoms with Crippen LogP contribution in [0.3, 0.4) is 0 Å². The van der Waals surface area contributed by atoms with E-state index in [4.69, 9.17) is 4.74 Å². The van der Waals surface area contributed by atoms with Gasteiger partial charge >= 0.3 is 0 Å². The second-order valence-electron chi connectivity index (χ2n) is 6.77. The summed E-state index contributed by atoms with van der Waals surface area (Å²) in [5.41, 5.74) is 0.378. The van der Waals surface area contributed by atoms with Gasteiger partial charge in [0.2, 0.25) is 5.91 Å². The number of ether oxygens (including phenoxy) is 1. The number of amides is 2. The Bertz CT molecular complexity index is 617. The number of carbonyl (C=O) groups excluding carboxylic acids is 2. The van der Waals surface area contributed by atoms with Crippen LogP contribution in [0.2, 0.25) is 0 Å². The highest BCUT2D eigenvalue weighted by atomic mass is 32.1. The second kappa shape index (κ2) is 6.38. The van der Waals surface area contributed by atoms with Gasteiger partial charge in [0.15, 0.2) is 5.69 Å². The van der Waals surface area contributed by atoms with Crippen LogP contribution < -0.4 is 0 Å². The van der Waals surface area contributed by atoms with Crippen molar-refractivity contribution in [3.05, 3.63) is 11.1 Å². The Morgan fingerprint density at radius 3 is 2.71 bits per heavy atom. The van der Waals surface area contributed by atoms with Crippen molar-refractivity contribution in [1.29, 1.82) is 0 Å². The Labute approximate surface area is 144 Å². The molecule has 0 aromatic carbocycles. The van der Waals surface area contributed by atoms with E-state index in [0.717, 1.165) is 26.2 Å². The molecule has 3 unspecified atom stereocenters. The number of carbonyl (C=O) groups is 2. The molecule has 9 heteroatoms. The van der Waals surface area contributed by atoms with Crippen LogP contribution in [-0.4, -0.2) is 94.6 Å². The van der Waals surface area contributed by atoms with Crippen LogP contribution in [0.5, 0.6) is 0 Å². The smallest absolute Gasteiger partial charge is 0.275 e. The zero-order chi connectivity index (χ0) is 16.7. The molecule has 3 saturated heterocycles. The summed E-state index contributed by atoms with van der Waals surface area (Å²) < 4.78 is 9.71. The molecular formula is C15H21N5O3S. The van der Waals surface area contributed by atoms with Crippen molar-refractivity contribution in [2.75, 3.05) is 46.3 Å². The van der Waals surface area contributed by atoms with E-state index >= 15 is 0 Å². The van der Waals surface area contributed by atoms with Gasteiger partial charge in [-0.2, -0.15) is 0 Å². The highest BCUT2D eigenvalue weighted by Crippen LogP contribution is 2.34. The first kappa shape index (κ1) is 15.9. The van der Waals surface area contributed by atoms with Gasteiger partial charge in [0.1, 0.15) is 0 Å². The largest absolute Gasteiger partial charge is 0.370 e. The Kier molecular flexibility index (Phi) is 4.23. The molecule has 0 N–H and O–H groups in total. The zero-order valence-corrected chi connectivity index (χ0v) is 14.4. The number of fused-ring (bicyclic) bond motifs is 2. The molecule has 0 spiro atoms. The minimum absolute atomic E-state index is 0.0549. The lowest BCUT2D eigenvalue weighted by atomic mass is 9.98. The average Bonchev–Trinajstić information content (AvgIpc) is 3.22. The molecule has 130 valence electrons. The number of likely N-dealkylation sites (N-methyl/N-ethyl adjacent to an activating group) is 1. The number of hydrogen-bond acceptors (Lipinski definition) is 7. The van der Waals surface area contributed by atoms with E-state index in [1.165, 1.54) is 11.5 Å². The number of rotatable bonds is 2. The normalized spacial score (nSPS) is 30.6. The van der Waals surface area contributed by atoms with Crippen LogP contribution >= 0.6 is 11.5 Å². The molecule has 2 amide bonds. The Morgan fingerprint density at radius 2 is 2.00 bits per heavy atom. The van der Waals surface area contributed by atoms with E-state index in [-0.39, 0.29) is 29.9 Å². The van der Waals surface area contributed by atoms with E-state index in [2.05, 4.69) is 21.5 Å². The van der Waals surface area contributed by atoms with Crippen LogP contribution in [-0.2, 0) is 9.53 Å². The molecule has 24 heavy (non-hydrogen) atoms. The fraction of sp³-hybridized carbons (Fsp3) is 0.733. The van der Waals surface area contributed by atoms with Gasteiger partial charge < -0.3 is 19.4 Å². The van der Waals surface area contributed by atoms with Gasteiger partial charge in [0, 0.05) is 44.6 Å². The van der Waals surface area contributed by atoms with E-state index in [9.17, 15) is 9.59 Å². The van der Waals surface area contributed by atoms with Crippen LogP contribution in [0.25, 0.3) is 0 Å². The third-order valence-corrected chi connectivity index (χ3v) is 5.66. The number of likely N-dealkylation sites (tertiary alicyclic amines) is 1. The molecule has 1 aromatic heterocycles. The summed E-state index contributed by atoms with van der Waals surface area (Å²) in [6.07, 6.45) is 0.446. The van der Waals surface area contributed by atoms with Crippen LogP contribution in [0.15, 0.2) is 5.38 Å². The molecule has 4 heterocycles. The summed E-state index contributed by atoms with van der Waals surface area (Å²) in [6.45, 7) is 4.35. The molecule has 0 radical (unpaired) electrons. The molecule has 3 aliphatic heterocycles. The summed E-state index contributed by atoms with van der Waals surface area (Å²) in [6, 6.07) is 0. The summed E-state index contributed by atoms with van der Waals surface area (Å²) in [5, 5.41) is 5.51. The van der Waals surface area contributed by atoms with Crippen LogP contribution in [0, 0.1) is 5.92 Å². The number of morpholine rings is 1. The van der Waals surface area contributed by atoms with Crippen molar-refractivity contribution >= 4 is 23.3 Å². The maximum atomic E-state index is 12.9. The first-order valence-electron chi connectivity index (χ1n) is 8.31. The van der Waals surface area contributed by atoms with Crippen molar-refractivity contribution in [3.63, 3.8) is 0 Å². The van der Waals surface area contributed by atoms with Gasteiger partial charge in [0.05, 0.1) is 18.1 Å². The number of aromatic nitrogens is 2. The Morgan fingerprint density at radius 1 is 1.21 bits per heavy atom. The summed E-state index contributed by atoms with van der Waals surface area (Å²) in [7, 11) is 2.07. The Balaban J connectivity index is 1.42. The van der Waals surface area contributed by atoms with Gasteiger partial charge in [-0.05, 0) is 25.0 Å². The minimum Gasteiger partial charge on any atom is -0.370 e. The number of piperazine rings is 1. The molecule has 4 rings (SSSR count). The monoisotopic (exact) mass is 351 g/mol. The van der Waals surface area contributed by atoms with Crippen molar-refractivity contribution in [2.24, 2.45) is 5.92 Å². The highest BCUT2D eigenvalue weighted by molar-refractivity contribution is 7.03. The zero-order valence-electron chi connectivity index (χ0n) is 13.6. The molecule has 3 aliphatic rings. The van der Waals surface area contributed by atoms with E-state index in [0.29, 0.717) is 25.2 Å². The fourth-order valence-corrected chi connectivity index (χ4v) is 4.19. The van der Waals surface area contributed by atoms with E-state index in [1.807, 2.05) is 4.90 Å². The maximum absolute atomic E-state index is 12.9. The number of hydrogen-bond donors (Lipinski definition) is 0. The second-order valence-corrected chi connectivity index (χ2v) is 7.38. The lowest BCUT2D eigenvalue weighted by molar-refractivity contribution is -0.139. The van der Waals surface area contributed by atoms with Crippen LogP contribution in [0.4, 0.5) is 0 Å². The van der Waals surface area contributed by atoms with Crippen molar-refractivity contribution in [2.45, 2.75) is 18.6 Å². The van der Waals surface area contributed by atoms with E-state index < -0.39 is 0 Å². The molecule has 2 bridgehead atoms. The van der Waals surface area contributed by atoms with Crippen molar-refractivity contribution in [1.82, 2.24) is 24.3 Å². The van der Waals surface area contributed by atoms with E-state index in [1.54, 1.807) is 10.3 Å². The molecule has 0 saturated carbocycles. The van der Waals surface area contributed by atoms with Gasteiger partial charge in [-0.1, -0.05) is 4.49 Å². The highest BCUT2D eigenvalue weighted by Gasteiger charge is 2.47. The third-order valence-electron chi connectivity index (χ3n) is 5.16. The quantitative estimate of drug-likeness (QED) is 0.718. The lowest BCUT2D eigenvalue weighted by Crippen LogP contribution is -2.51. The topological polar surface area (TPSA) is 78.9 Å². The Hall–Kier alpha value is -1.58. The summed E-state index contributed by atoms with van der Waals surface area (Å²) in [4.78, 5) is 31.3. The number of nitrogens with zero attached hydrogens (tertiary/aromatic N) is 5. The molecule has 0 aliphatic carbocycles. The van der Waals surface area contributed by atoms with Crippen molar-refractivity contribution < 1.29 is 14.3 Å². The van der Waals surface area contributed by atoms with Crippen molar-refractivity contribution in [3.8, 4) is 0 Å². The molecule has 3 atom stereocenters. The van der Waals surface area contributed by atoms with Gasteiger partial charge in [-0.15, -0.1) is 5.10 Å².